The van der Waals surface area contributed by atoms with Gasteiger partial charge in [0.2, 0.25) is 0 Å². The lowest BCUT2D eigenvalue weighted by Gasteiger charge is -2.05. The Morgan fingerprint density at radius 3 is 3.00 bits per heavy atom. The minimum absolute atomic E-state index is 0.487. The Balaban J connectivity index is 1.97. The minimum atomic E-state index is 0.487. The summed E-state index contributed by atoms with van der Waals surface area (Å²) in [6, 6.07) is 2.45. The van der Waals surface area contributed by atoms with Crippen molar-refractivity contribution in [3.05, 3.63) is 23.5 Å². The molecule has 0 amide bonds. The molecule has 0 aromatic carbocycles. The van der Waals surface area contributed by atoms with Gasteiger partial charge in [0.1, 0.15) is 5.75 Å². The van der Waals surface area contributed by atoms with Crippen LogP contribution in [0.1, 0.15) is 19.7 Å². The number of oxazole rings is 1. The van der Waals surface area contributed by atoms with Crippen LogP contribution in [0.25, 0.3) is 10.6 Å². The lowest BCUT2D eigenvalue weighted by Crippen LogP contribution is -2.24. The van der Waals surface area contributed by atoms with Crippen molar-refractivity contribution in [2.75, 3.05) is 13.7 Å². The van der Waals surface area contributed by atoms with E-state index >= 15 is 0 Å². The third kappa shape index (κ3) is 3.34. The lowest BCUT2D eigenvalue weighted by molar-refractivity contribution is 0.416. The molecular formula is C13H18N2O2S. The topological polar surface area (TPSA) is 47.3 Å². The van der Waals surface area contributed by atoms with E-state index in [1.807, 2.05) is 11.4 Å². The van der Waals surface area contributed by atoms with Gasteiger partial charge in [0.25, 0.3) is 0 Å². The normalized spacial score (nSPS) is 11.1. The fourth-order valence-corrected chi connectivity index (χ4v) is 2.36. The zero-order valence-corrected chi connectivity index (χ0v) is 11.7. The van der Waals surface area contributed by atoms with Crippen molar-refractivity contribution in [1.82, 2.24) is 10.3 Å². The zero-order chi connectivity index (χ0) is 13.0. The highest BCUT2D eigenvalue weighted by Gasteiger charge is 2.09. The summed E-state index contributed by atoms with van der Waals surface area (Å²) in [6.07, 6.45) is 2.58. The number of aromatic nitrogens is 1. The summed E-state index contributed by atoms with van der Waals surface area (Å²) in [5.74, 6) is 2.43. The molecule has 0 bridgehead atoms. The monoisotopic (exact) mass is 266 g/mol. The maximum Gasteiger partial charge on any atom is 0.196 e. The first-order chi connectivity index (χ1) is 8.69. The maximum atomic E-state index is 5.71. The summed E-state index contributed by atoms with van der Waals surface area (Å²) in [6.45, 7) is 5.13. The van der Waals surface area contributed by atoms with Gasteiger partial charge in [-0.3, -0.25) is 0 Å². The van der Waals surface area contributed by atoms with Gasteiger partial charge < -0.3 is 14.5 Å². The number of nitrogens with one attached hydrogen (secondary N) is 1. The third-order valence-corrected chi connectivity index (χ3v) is 3.42. The molecule has 0 aliphatic rings. The van der Waals surface area contributed by atoms with Gasteiger partial charge in [0.15, 0.2) is 11.7 Å². The Labute approximate surface area is 111 Å². The summed E-state index contributed by atoms with van der Waals surface area (Å²) < 4.78 is 10.9. The predicted molar refractivity (Wildman–Crippen MR) is 73.2 cm³/mol. The number of hydrogen-bond donors (Lipinski definition) is 1. The molecule has 0 aliphatic carbocycles. The number of ether oxygens (including phenoxy) is 1. The Bertz CT molecular complexity index is 491. The van der Waals surface area contributed by atoms with E-state index in [1.54, 1.807) is 24.6 Å². The summed E-state index contributed by atoms with van der Waals surface area (Å²) in [5, 5.41) is 5.30. The second kappa shape index (κ2) is 6.02. The smallest absolute Gasteiger partial charge is 0.196 e. The molecule has 0 aliphatic heterocycles. The Morgan fingerprint density at radius 1 is 1.50 bits per heavy atom. The largest absolute Gasteiger partial charge is 0.496 e. The van der Waals surface area contributed by atoms with E-state index < -0.39 is 0 Å². The molecule has 0 atom stereocenters. The van der Waals surface area contributed by atoms with Crippen molar-refractivity contribution < 1.29 is 9.15 Å². The molecule has 5 heteroatoms. The van der Waals surface area contributed by atoms with Crippen LogP contribution in [0.4, 0.5) is 0 Å². The molecule has 0 saturated carbocycles. The van der Waals surface area contributed by atoms with Gasteiger partial charge in [-0.15, -0.1) is 11.3 Å². The van der Waals surface area contributed by atoms with Gasteiger partial charge in [0, 0.05) is 30.5 Å². The van der Waals surface area contributed by atoms with Gasteiger partial charge in [-0.05, 0) is 0 Å². The first kappa shape index (κ1) is 13.1. The number of rotatable bonds is 6. The van der Waals surface area contributed by atoms with E-state index in [-0.39, 0.29) is 0 Å². The average molecular weight is 266 g/mol. The van der Waals surface area contributed by atoms with E-state index in [4.69, 9.17) is 9.15 Å². The molecule has 0 spiro atoms. The van der Waals surface area contributed by atoms with Crippen LogP contribution in [-0.2, 0) is 6.42 Å². The van der Waals surface area contributed by atoms with Crippen LogP contribution < -0.4 is 10.1 Å². The molecule has 0 radical (unpaired) electrons. The van der Waals surface area contributed by atoms with Crippen LogP contribution in [-0.4, -0.2) is 24.7 Å². The quantitative estimate of drug-likeness (QED) is 0.873. The van der Waals surface area contributed by atoms with Gasteiger partial charge in [0.05, 0.1) is 18.2 Å². The highest BCUT2D eigenvalue weighted by Crippen LogP contribution is 2.31. The molecule has 2 rings (SSSR count). The highest BCUT2D eigenvalue weighted by atomic mass is 32.1. The van der Waals surface area contributed by atoms with Crippen LogP contribution in [0.5, 0.6) is 5.75 Å². The maximum absolute atomic E-state index is 5.71. The number of thiophene rings is 1. The van der Waals surface area contributed by atoms with E-state index in [9.17, 15) is 0 Å². The molecule has 2 heterocycles. The summed E-state index contributed by atoms with van der Waals surface area (Å²) in [7, 11) is 1.66. The average Bonchev–Trinajstić information content (AvgIpc) is 2.95. The third-order valence-electron chi connectivity index (χ3n) is 2.50. The molecular weight excluding hydrogens is 248 g/mol. The summed E-state index contributed by atoms with van der Waals surface area (Å²) in [4.78, 5) is 5.33. The molecule has 0 fully saturated rings. The summed E-state index contributed by atoms with van der Waals surface area (Å²) >= 11 is 1.59. The van der Waals surface area contributed by atoms with Gasteiger partial charge in [-0.25, -0.2) is 4.98 Å². The number of hydrogen-bond acceptors (Lipinski definition) is 5. The van der Waals surface area contributed by atoms with Gasteiger partial charge in [-0.2, -0.15) is 0 Å². The summed E-state index contributed by atoms with van der Waals surface area (Å²) in [5.41, 5.74) is 0. The van der Waals surface area contributed by atoms with E-state index in [0.29, 0.717) is 6.04 Å². The second-order valence-corrected chi connectivity index (χ2v) is 5.24. The Kier molecular flexibility index (Phi) is 4.38. The van der Waals surface area contributed by atoms with Gasteiger partial charge >= 0.3 is 0 Å². The van der Waals surface area contributed by atoms with Crippen molar-refractivity contribution in [3.63, 3.8) is 0 Å². The van der Waals surface area contributed by atoms with Crippen LogP contribution >= 0.6 is 11.3 Å². The molecule has 2 aromatic heterocycles. The lowest BCUT2D eigenvalue weighted by atomic mass is 10.3. The van der Waals surface area contributed by atoms with Crippen LogP contribution in [0.3, 0.4) is 0 Å². The molecule has 1 N–H and O–H groups in total. The number of methoxy groups -OCH3 is 1. The SMILES string of the molecule is COc1csc(-c2cnc(CCNC(C)C)o2)c1. The molecule has 4 nitrogen and oxygen atoms in total. The fourth-order valence-electron chi connectivity index (χ4n) is 1.56. The Morgan fingerprint density at radius 2 is 2.33 bits per heavy atom. The van der Waals surface area contributed by atoms with Crippen LogP contribution in [0, 0.1) is 0 Å². The van der Waals surface area contributed by atoms with Crippen molar-refractivity contribution in [3.8, 4) is 16.4 Å². The van der Waals surface area contributed by atoms with E-state index in [0.717, 1.165) is 35.2 Å². The first-order valence-electron chi connectivity index (χ1n) is 6.00. The second-order valence-electron chi connectivity index (χ2n) is 4.33. The molecule has 18 heavy (non-hydrogen) atoms. The van der Waals surface area contributed by atoms with Crippen molar-refractivity contribution in [1.29, 1.82) is 0 Å². The molecule has 0 unspecified atom stereocenters. The standard InChI is InChI=1S/C13H18N2O2S/c1-9(2)14-5-4-13-15-7-11(17-13)12-6-10(16-3)8-18-12/h6-9,14H,4-5H2,1-3H3. The van der Waals surface area contributed by atoms with Crippen molar-refractivity contribution in [2.45, 2.75) is 26.3 Å². The minimum Gasteiger partial charge on any atom is -0.496 e. The molecule has 2 aromatic rings. The first-order valence-corrected chi connectivity index (χ1v) is 6.88. The zero-order valence-electron chi connectivity index (χ0n) is 10.9. The van der Waals surface area contributed by atoms with Crippen LogP contribution in [0.2, 0.25) is 0 Å². The fraction of sp³-hybridized carbons (Fsp3) is 0.462. The Hall–Kier alpha value is -1.33. The van der Waals surface area contributed by atoms with E-state index in [2.05, 4.69) is 24.1 Å². The number of nitrogens with zero attached hydrogens (tertiary/aromatic N) is 1. The van der Waals surface area contributed by atoms with Crippen LogP contribution in [0.15, 0.2) is 22.1 Å². The highest BCUT2D eigenvalue weighted by molar-refractivity contribution is 7.13. The van der Waals surface area contributed by atoms with Gasteiger partial charge in [-0.1, -0.05) is 13.8 Å². The predicted octanol–water partition coefficient (Wildman–Crippen LogP) is 2.95. The van der Waals surface area contributed by atoms with E-state index in [1.165, 1.54) is 0 Å². The molecule has 98 valence electrons. The van der Waals surface area contributed by atoms with Crippen molar-refractivity contribution >= 4 is 11.3 Å². The van der Waals surface area contributed by atoms with Crippen molar-refractivity contribution in [2.24, 2.45) is 0 Å². The molecule has 0 saturated heterocycles.